The van der Waals surface area contributed by atoms with Gasteiger partial charge in [0, 0.05) is 31.1 Å². The van der Waals surface area contributed by atoms with Crippen molar-refractivity contribution in [3.63, 3.8) is 0 Å². The molecule has 0 spiro atoms. The second-order valence-corrected chi connectivity index (χ2v) is 5.01. The van der Waals surface area contributed by atoms with Gasteiger partial charge in [0.05, 0.1) is 0 Å². The monoisotopic (exact) mass is 290 g/mol. The van der Waals surface area contributed by atoms with Gasteiger partial charge in [0.1, 0.15) is 12.4 Å². The number of hydrogen-bond acceptors (Lipinski definition) is 3. The first-order valence-electron chi connectivity index (χ1n) is 7.49. The molecule has 0 aliphatic carbocycles. The predicted molar refractivity (Wildman–Crippen MR) is 86.4 cm³/mol. The second-order valence-electron chi connectivity index (χ2n) is 5.01. The molecule has 1 aromatic carbocycles. The molecule has 1 rings (SSSR count). The van der Waals surface area contributed by atoms with Gasteiger partial charge in [-0.1, -0.05) is 37.8 Å². The van der Waals surface area contributed by atoms with Gasteiger partial charge in [-0.2, -0.15) is 0 Å². The van der Waals surface area contributed by atoms with Gasteiger partial charge in [-0.25, -0.2) is 0 Å². The highest BCUT2D eigenvalue weighted by molar-refractivity contribution is 5.76. The lowest BCUT2D eigenvalue weighted by Gasteiger charge is -2.12. The largest absolute Gasteiger partial charge is 0.489 e. The first-order chi connectivity index (χ1) is 10.2. The molecular formula is C17H26N2O2. The number of carbonyl (C=O) groups excluding carboxylic acids is 1. The first-order valence-corrected chi connectivity index (χ1v) is 7.49. The van der Waals surface area contributed by atoms with E-state index in [1.165, 1.54) is 0 Å². The van der Waals surface area contributed by atoms with Crippen LogP contribution in [0, 0.1) is 0 Å². The summed E-state index contributed by atoms with van der Waals surface area (Å²) in [6, 6.07) is 8.13. The van der Waals surface area contributed by atoms with Crippen LogP contribution >= 0.6 is 0 Å². The Morgan fingerprint density at radius 3 is 2.90 bits per heavy atom. The van der Waals surface area contributed by atoms with E-state index in [0.717, 1.165) is 17.7 Å². The zero-order valence-corrected chi connectivity index (χ0v) is 13.0. The van der Waals surface area contributed by atoms with E-state index in [1.807, 2.05) is 31.2 Å². The van der Waals surface area contributed by atoms with E-state index in [1.54, 1.807) is 6.08 Å². The van der Waals surface area contributed by atoms with Gasteiger partial charge in [0.25, 0.3) is 0 Å². The van der Waals surface area contributed by atoms with Crippen molar-refractivity contribution >= 4 is 5.91 Å². The third-order valence-corrected chi connectivity index (χ3v) is 3.19. The molecule has 0 saturated heterocycles. The third-order valence-electron chi connectivity index (χ3n) is 3.19. The molecule has 0 bridgehead atoms. The molecule has 2 N–H and O–H groups in total. The van der Waals surface area contributed by atoms with Crippen LogP contribution < -0.4 is 15.4 Å². The fraction of sp³-hybridized carbons (Fsp3) is 0.471. The fourth-order valence-corrected chi connectivity index (χ4v) is 1.81. The van der Waals surface area contributed by atoms with Crippen LogP contribution in [-0.4, -0.2) is 25.1 Å². The molecule has 1 atom stereocenters. The maximum Gasteiger partial charge on any atom is 0.221 e. The fourth-order valence-electron chi connectivity index (χ4n) is 1.81. The second kappa shape index (κ2) is 10.00. The highest BCUT2D eigenvalue weighted by atomic mass is 16.5. The van der Waals surface area contributed by atoms with Gasteiger partial charge in [-0.3, -0.25) is 4.79 Å². The molecule has 0 saturated carbocycles. The van der Waals surface area contributed by atoms with Gasteiger partial charge >= 0.3 is 0 Å². The summed E-state index contributed by atoms with van der Waals surface area (Å²) in [5.74, 6) is 0.946. The Hall–Kier alpha value is -1.81. The first kappa shape index (κ1) is 17.2. The number of para-hydroxylation sites is 1. The Balaban J connectivity index is 2.32. The highest BCUT2D eigenvalue weighted by Gasteiger charge is 2.06. The smallest absolute Gasteiger partial charge is 0.221 e. The molecule has 0 heterocycles. The van der Waals surface area contributed by atoms with Crippen molar-refractivity contribution in [3.8, 4) is 5.75 Å². The highest BCUT2D eigenvalue weighted by Crippen LogP contribution is 2.17. The lowest BCUT2D eigenvalue weighted by Crippen LogP contribution is -2.33. The SMILES string of the molecule is C=CCOc1ccccc1CNCCC(=O)NC(C)CC. The summed E-state index contributed by atoms with van der Waals surface area (Å²) in [6.07, 6.45) is 3.16. The van der Waals surface area contributed by atoms with E-state index in [-0.39, 0.29) is 11.9 Å². The van der Waals surface area contributed by atoms with E-state index in [0.29, 0.717) is 26.1 Å². The molecule has 21 heavy (non-hydrogen) atoms. The van der Waals surface area contributed by atoms with Gasteiger partial charge in [0.15, 0.2) is 0 Å². The average molecular weight is 290 g/mol. The van der Waals surface area contributed by atoms with E-state index in [4.69, 9.17) is 4.74 Å². The molecule has 1 amide bonds. The molecule has 1 aromatic rings. The van der Waals surface area contributed by atoms with E-state index < -0.39 is 0 Å². The van der Waals surface area contributed by atoms with E-state index in [2.05, 4.69) is 24.1 Å². The Morgan fingerprint density at radius 2 is 2.19 bits per heavy atom. The number of ether oxygens (including phenoxy) is 1. The van der Waals surface area contributed by atoms with Crippen molar-refractivity contribution in [2.24, 2.45) is 0 Å². The summed E-state index contributed by atoms with van der Waals surface area (Å²) >= 11 is 0. The predicted octanol–water partition coefficient (Wildman–Crippen LogP) is 2.65. The Morgan fingerprint density at radius 1 is 1.43 bits per heavy atom. The topological polar surface area (TPSA) is 50.4 Å². The molecule has 1 unspecified atom stereocenters. The van der Waals surface area contributed by atoms with Crippen LogP contribution in [0.1, 0.15) is 32.3 Å². The maximum absolute atomic E-state index is 11.6. The van der Waals surface area contributed by atoms with Crippen LogP contribution in [0.3, 0.4) is 0 Å². The number of carbonyl (C=O) groups is 1. The summed E-state index contributed by atoms with van der Waals surface area (Å²) in [5.41, 5.74) is 1.08. The Labute approximate surface area is 127 Å². The molecule has 4 heteroatoms. The van der Waals surface area contributed by atoms with Crippen LogP contribution in [0.4, 0.5) is 0 Å². The summed E-state index contributed by atoms with van der Waals surface area (Å²) in [4.78, 5) is 11.6. The summed E-state index contributed by atoms with van der Waals surface area (Å²) in [7, 11) is 0. The molecule has 0 fully saturated rings. The van der Waals surface area contributed by atoms with Crippen LogP contribution in [0.5, 0.6) is 5.75 Å². The molecule has 0 aromatic heterocycles. The summed E-state index contributed by atoms with van der Waals surface area (Å²) < 4.78 is 5.59. The number of benzene rings is 1. The van der Waals surface area contributed by atoms with E-state index >= 15 is 0 Å². The number of rotatable bonds is 10. The van der Waals surface area contributed by atoms with Gasteiger partial charge < -0.3 is 15.4 Å². The van der Waals surface area contributed by atoms with Crippen LogP contribution in [0.15, 0.2) is 36.9 Å². The van der Waals surface area contributed by atoms with Crippen LogP contribution in [0.25, 0.3) is 0 Å². The molecule has 4 nitrogen and oxygen atoms in total. The maximum atomic E-state index is 11.6. The van der Waals surface area contributed by atoms with Crippen molar-refractivity contribution in [2.75, 3.05) is 13.2 Å². The van der Waals surface area contributed by atoms with Crippen molar-refractivity contribution in [1.29, 1.82) is 0 Å². The minimum atomic E-state index is 0.0908. The standard InChI is InChI=1S/C17H26N2O2/c1-4-12-21-16-9-7-6-8-15(16)13-18-11-10-17(20)19-14(3)5-2/h4,6-9,14,18H,1,5,10-13H2,2-3H3,(H,19,20). The average Bonchev–Trinajstić information content (AvgIpc) is 2.50. The molecule has 0 aliphatic heterocycles. The van der Waals surface area contributed by atoms with Gasteiger partial charge in [0.2, 0.25) is 5.91 Å². The molecular weight excluding hydrogens is 264 g/mol. The van der Waals surface area contributed by atoms with Crippen molar-refractivity contribution < 1.29 is 9.53 Å². The number of hydrogen-bond donors (Lipinski definition) is 2. The van der Waals surface area contributed by atoms with Crippen LogP contribution in [-0.2, 0) is 11.3 Å². The zero-order valence-electron chi connectivity index (χ0n) is 13.0. The van der Waals surface area contributed by atoms with Crippen LogP contribution in [0.2, 0.25) is 0 Å². The minimum absolute atomic E-state index is 0.0908. The lowest BCUT2D eigenvalue weighted by molar-refractivity contribution is -0.121. The summed E-state index contributed by atoms with van der Waals surface area (Å²) in [6.45, 7) is 9.55. The molecule has 0 radical (unpaired) electrons. The molecule has 0 aliphatic rings. The lowest BCUT2D eigenvalue weighted by atomic mass is 10.2. The third kappa shape index (κ3) is 6.95. The zero-order chi connectivity index (χ0) is 15.5. The van der Waals surface area contributed by atoms with Gasteiger partial charge in [-0.15, -0.1) is 0 Å². The number of amides is 1. The Kier molecular flexibility index (Phi) is 8.21. The van der Waals surface area contributed by atoms with Crippen molar-refractivity contribution in [1.82, 2.24) is 10.6 Å². The summed E-state index contributed by atoms with van der Waals surface area (Å²) in [5, 5.41) is 6.23. The quantitative estimate of drug-likeness (QED) is 0.514. The van der Waals surface area contributed by atoms with Gasteiger partial charge in [-0.05, 0) is 19.4 Å². The number of nitrogens with one attached hydrogen (secondary N) is 2. The minimum Gasteiger partial charge on any atom is -0.489 e. The Bertz CT molecular complexity index is 446. The van der Waals surface area contributed by atoms with Crippen molar-refractivity contribution in [3.05, 3.63) is 42.5 Å². The normalized spacial score (nSPS) is 11.7. The van der Waals surface area contributed by atoms with Crippen molar-refractivity contribution in [2.45, 2.75) is 39.3 Å². The molecule has 116 valence electrons. The van der Waals surface area contributed by atoms with E-state index in [9.17, 15) is 4.79 Å².